The molecule has 21 heavy (non-hydrogen) atoms. The number of rotatable bonds is 6. The zero-order valence-electron chi connectivity index (χ0n) is 14.1. The first-order valence-electron chi connectivity index (χ1n) is 8.26. The summed E-state index contributed by atoms with van der Waals surface area (Å²) in [5, 5.41) is 3.47. The van der Waals surface area contributed by atoms with Crippen LogP contribution < -0.4 is 10.2 Å². The minimum absolute atomic E-state index is 0.542. The second-order valence-electron chi connectivity index (χ2n) is 6.89. The van der Waals surface area contributed by atoms with Gasteiger partial charge in [0.25, 0.3) is 0 Å². The highest BCUT2D eigenvalue weighted by atomic mass is 15.1. The third-order valence-corrected chi connectivity index (χ3v) is 4.25. The van der Waals surface area contributed by atoms with Crippen molar-refractivity contribution < 1.29 is 0 Å². The van der Waals surface area contributed by atoms with Gasteiger partial charge in [-0.1, -0.05) is 26.0 Å². The van der Waals surface area contributed by atoms with Crippen LogP contribution in [0.2, 0.25) is 0 Å². The molecule has 2 rings (SSSR count). The van der Waals surface area contributed by atoms with Crippen LogP contribution in [0.25, 0.3) is 0 Å². The Bertz CT molecular complexity index is 403. The van der Waals surface area contributed by atoms with E-state index in [0.717, 1.165) is 12.5 Å². The molecule has 1 fully saturated rings. The molecule has 0 unspecified atom stereocenters. The fourth-order valence-electron chi connectivity index (χ4n) is 3.04. The lowest BCUT2D eigenvalue weighted by Crippen LogP contribution is -2.37. The predicted octanol–water partition coefficient (Wildman–Crippen LogP) is 2.96. The molecule has 1 saturated heterocycles. The van der Waals surface area contributed by atoms with Crippen LogP contribution in [0.15, 0.2) is 24.3 Å². The van der Waals surface area contributed by atoms with Crippen LogP contribution in [-0.4, -0.2) is 44.7 Å². The van der Waals surface area contributed by atoms with E-state index in [4.69, 9.17) is 0 Å². The van der Waals surface area contributed by atoms with Crippen molar-refractivity contribution in [1.29, 1.82) is 0 Å². The van der Waals surface area contributed by atoms with Gasteiger partial charge in [-0.15, -0.1) is 0 Å². The Kier molecular flexibility index (Phi) is 6.07. The summed E-state index contributed by atoms with van der Waals surface area (Å²) < 4.78 is 0. The molecule has 0 aliphatic carbocycles. The van der Waals surface area contributed by atoms with Gasteiger partial charge in [-0.3, -0.25) is 0 Å². The summed E-state index contributed by atoms with van der Waals surface area (Å²) in [6, 6.07) is 9.63. The lowest BCUT2D eigenvalue weighted by molar-refractivity contribution is 0.285. The third kappa shape index (κ3) is 5.33. The second-order valence-corrected chi connectivity index (χ2v) is 6.89. The summed E-state index contributed by atoms with van der Waals surface area (Å²) in [5.74, 6) is 0.866. The quantitative estimate of drug-likeness (QED) is 0.868. The summed E-state index contributed by atoms with van der Waals surface area (Å²) in [6.45, 7) is 8.96. The van der Waals surface area contributed by atoms with Crippen LogP contribution >= 0.6 is 0 Å². The fraction of sp³-hybridized carbons (Fsp3) is 0.667. The largest absolute Gasteiger partial charge is 0.372 e. The van der Waals surface area contributed by atoms with Gasteiger partial charge in [0.15, 0.2) is 0 Å². The predicted molar refractivity (Wildman–Crippen MR) is 91.9 cm³/mol. The van der Waals surface area contributed by atoms with Gasteiger partial charge < -0.3 is 15.1 Å². The molecule has 0 atom stereocenters. The minimum Gasteiger partial charge on any atom is -0.372 e. The monoisotopic (exact) mass is 289 g/mol. The molecule has 1 heterocycles. The van der Waals surface area contributed by atoms with E-state index in [1.165, 1.54) is 43.7 Å². The topological polar surface area (TPSA) is 18.5 Å². The average molecular weight is 289 g/mol. The number of piperidine rings is 1. The van der Waals surface area contributed by atoms with Crippen molar-refractivity contribution in [3.8, 4) is 0 Å². The third-order valence-electron chi connectivity index (χ3n) is 4.25. The van der Waals surface area contributed by atoms with Crippen LogP contribution in [0.3, 0.4) is 0 Å². The molecule has 3 heteroatoms. The van der Waals surface area contributed by atoms with E-state index in [2.05, 4.69) is 67.3 Å². The highest BCUT2D eigenvalue weighted by Gasteiger charge is 2.19. The van der Waals surface area contributed by atoms with E-state index >= 15 is 0 Å². The van der Waals surface area contributed by atoms with Crippen LogP contribution in [0.5, 0.6) is 0 Å². The molecule has 1 aliphatic rings. The molecule has 0 radical (unpaired) electrons. The number of hydrogen-bond donors (Lipinski definition) is 1. The first kappa shape index (κ1) is 16.3. The molecule has 118 valence electrons. The minimum atomic E-state index is 0.542. The summed E-state index contributed by atoms with van der Waals surface area (Å²) in [7, 11) is 4.35. The molecule has 0 amide bonds. The van der Waals surface area contributed by atoms with Crippen molar-refractivity contribution in [2.45, 2.75) is 39.3 Å². The smallest absolute Gasteiger partial charge is 0.0366 e. The first-order valence-corrected chi connectivity index (χ1v) is 8.26. The van der Waals surface area contributed by atoms with Gasteiger partial charge in [-0.05, 0) is 50.6 Å². The SMILES string of the molecule is CC(C)NCc1ccc(N2CCC(CN(C)C)CC2)cc1. The van der Waals surface area contributed by atoms with E-state index in [-0.39, 0.29) is 0 Å². The lowest BCUT2D eigenvalue weighted by Gasteiger charge is -2.34. The van der Waals surface area contributed by atoms with Crippen molar-refractivity contribution in [2.75, 3.05) is 38.6 Å². The standard InChI is InChI=1S/C18H31N3/c1-15(2)19-13-16-5-7-18(8-6-16)21-11-9-17(10-12-21)14-20(3)4/h5-8,15,17,19H,9-14H2,1-4H3. The van der Waals surface area contributed by atoms with Gasteiger partial charge in [0, 0.05) is 37.9 Å². The molecular formula is C18H31N3. The van der Waals surface area contributed by atoms with Crippen molar-refractivity contribution in [3.63, 3.8) is 0 Å². The fourth-order valence-corrected chi connectivity index (χ4v) is 3.04. The summed E-state index contributed by atoms with van der Waals surface area (Å²) in [5.41, 5.74) is 2.75. The number of benzene rings is 1. The molecule has 1 aromatic carbocycles. The van der Waals surface area contributed by atoms with Crippen LogP contribution in [-0.2, 0) is 6.54 Å². The number of anilines is 1. The second kappa shape index (κ2) is 7.81. The number of hydrogen-bond acceptors (Lipinski definition) is 3. The van der Waals surface area contributed by atoms with Gasteiger partial charge >= 0.3 is 0 Å². The van der Waals surface area contributed by atoms with Crippen molar-refractivity contribution in [1.82, 2.24) is 10.2 Å². The summed E-state index contributed by atoms with van der Waals surface area (Å²) >= 11 is 0. The molecule has 1 N–H and O–H groups in total. The zero-order valence-corrected chi connectivity index (χ0v) is 14.1. The van der Waals surface area contributed by atoms with E-state index in [1.807, 2.05) is 0 Å². The van der Waals surface area contributed by atoms with E-state index in [1.54, 1.807) is 0 Å². The van der Waals surface area contributed by atoms with Gasteiger partial charge in [0.05, 0.1) is 0 Å². The molecule has 1 aliphatic heterocycles. The maximum atomic E-state index is 3.47. The Morgan fingerprint density at radius 1 is 1.14 bits per heavy atom. The maximum Gasteiger partial charge on any atom is 0.0366 e. The van der Waals surface area contributed by atoms with Crippen LogP contribution in [0.4, 0.5) is 5.69 Å². The van der Waals surface area contributed by atoms with Crippen LogP contribution in [0.1, 0.15) is 32.3 Å². The van der Waals surface area contributed by atoms with E-state index < -0.39 is 0 Å². The molecule has 0 bridgehead atoms. The lowest BCUT2D eigenvalue weighted by atomic mass is 9.96. The Morgan fingerprint density at radius 3 is 2.29 bits per heavy atom. The molecule has 0 spiro atoms. The highest BCUT2D eigenvalue weighted by molar-refractivity contribution is 5.48. The van der Waals surface area contributed by atoms with Gasteiger partial charge in [-0.25, -0.2) is 0 Å². The van der Waals surface area contributed by atoms with Crippen molar-refractivity contribution in [3.05, 3.63) is 29.8 Å². The van der Waals surface area contributed by atoms with Gasteiger partial charge in [0.1, 0.15) is 0 Å². The van der Waals surface area contributed by atoms with E-state index in [9.17, 15) is 0 Å². The van der Waals surface area contributed by atoms with Gasteiger partial charge in [-0.2, -0.15) is 0 Å². The average Bonchev–Trinajstić information content (AvgIpc) is 2.46. The Hall–Kier alpha value is -1.06. The van der Waals surface area contributed by atoms with E-state index in [0.29, 0.717) is 6.04 Å². The molecule has 0 aromatic heterocycles. The highest BCUT2D eigenvalue weighted by Crippen LogP contribution is 2.24. The molecule has 1 aromatic rings. The van der Waals surface area contributed by atoms with Crippen molar-refractivity contribution >= 4 is 5.69 Å². The number of nitrogens with one attached hydrogen (secondary N) is 1. The van der Waals surface area contributed by atoms with Gasteiger partial charge in [0.2, 0.25) is 0 Å². The summed E-state index contributed by atoms with van der Waals surface area (Å²) in [6.07, 6.45) is 2.63. The van der Waals surface area contributed by atoms with Crippen molar-refractivity contribution in [2.24, 2.45) is 5.92 Å². The zero-order chi connectivity index (χ0) is 15.2. The maximum absolute atomic E-state index is 3.47. The number of nitrogens with zero attached hydrogens (tertiary/aromatic N) is 2. The molecular weight excluding hydrogens is 258 g/mol. The Morgan fingerprint density at radius 2 is 1.76 bits per heavy atom. The molecule has 0 saturated carbocycles. The molecule has 3 nitrogen and oxygen atoms in total. The normalized spacial score (nSPS) is 17.0. The summed E-state index contributed by atoms with van der Waals surface area (Å²) in [4.78, 5) is 4.85. The van der Waals surface area contributed by atoms with Crippen LogP contribution in [0, 0.1) is 5.92 Å². The Balaban J connectivity index is 1.83. The first-order chi connectivity index (χ1) is 10.0. The Labute approximate surface area is 130 Å².